The molecule has 0 spiro atoms. The number of carbonyl (C=O) groups is 1. The van der Waals surface area contributed by atoms with Crippen LogP contribution in [-0.4, -0.2) is 43.3 Å². The fourth-order valence-corrected chi connectivity index (χ4v) is 2.57. The zero-order valence-corrected chi connectivity index (χ0v) is 13.1. The summed E-state index contributed by atoms with van der Waals surface area (Å²) in [7, 11) is 4.51. The monoisotopic (exact) mass is 287 g/mol. The van der Waals surface area contributed by atoms with Gasteiger partial charge >= 0.3 is 0 Å². The Bertz CT molecular complexity index is 622. The van der Waals surface area contributed by atoms with Crippen molar-refractivity contribution in [3.05, 3.63) is 18.0 Å². The normalized spacial score (nSPS) is 11.9. The quantitative estimate of drug-likeness (QED) is 0.457. The van der Waals surface area contributed by atoms with Crippen molar-refractivity contribution in [2.75, 3.05) is 6.61 Å². The molecule has 2 heterocycles. The summed E-state index contributed by atoms with van der Waals surface area (Å²) in [4.78, 5) is 19.4. The van der Waals surface area contributed by atoms with E-state index in [2.05, 4.69) is 29.6 Å². The number of hydrogen-bond donors (Lipinski definition) is 0. The summed E-state index contributed by atoms with van der Waals surface area (Å²) in [6.07, 6.45) is 3.94. The molecule has 0 unspecified atom stereocenters. The minimum absolute atomic E-state index is 0.304. The van der Waals surface area contributed by atoms with Gasteiger partial charge in [-0.1, -0.05) is 19.6 Å². The summed E-state index contributed by atoms with van der Waals surface area (Å²) in [6.45, 7) is 8.00. The Morgan fingerprint density at radius 3 is 2.85 bits per heavy atom. The predicted octanol–water partition coefficient (Wildman–Crippen LogP) is 1.35. The molecule has 2 rings (SSSR count). The van der Waals surface area contributed by atoms with Gasteiger partial charge in [0.25, 0.3) is 0 Å². The van der Waals surface area contributed by atoms with E-state index in [1.165, 1.54) is 6.20 Å². The van der Waals surface area contributed by atoms with Gasteiger partial charge in [0.05, 0.1) is 5.56 Å². The van der Waals surface area contributed by atoms with E-state index in [0.717, 1.165) is 12.3 Å². The first kappa shape index (κ1) is 14.9. The first-order valence-electron chi connectivity index (χ1n) is 6.55. The molecule has 0 atom stereocenters. The van der Waals surface area contributed by atoms with Crippen LogP contribution in [0.2, 0.25) is 25.7 Å². The average molecular weight is 287 g/mol. The zero-order chi connectivity index (χ0) is 14.8. The van der Waals surface area contributed by atoms with Crippen molar-refractivity contribution in [1.82, 2.24) is 14.5 Å². The second kappa shape index (κ2) is 5.89. The van der Waals surface area contributed by atoms with E-state index in [-0.39, 0.29) is 0 Å². The molecule has 2 radical (unpaired) electrons. The van der Waals surface area contributed by atoms with E-state index < -0.39 is 8.07 Å². The maximum atomic E-state index is 11.0. The lowest BCUT2D eigenvalue weighted by Crippen LogP contribution is -2.22. The van der Waals surface area contributed by atoms with Gasteiger partial charge in [-0.2, -0.15) is 0 Å². The Morgan fingerprint density at radius 1 is 1.45 bits per heavy atom. The van der Waals surface area contributed by atoms with E-state index in [9.17, 15) is 4.79 Å². The SMILES string of the molecule is [B]c1cnc2c(n1)c(C=O)cn2COCC[Si](C)(C)C. The molecule has 0 aliphatic heterocycles. The molecule has 2 aromatic heterocycles. The zero-order valence-electron chi connectivity index (χ0n) is 12.1. The van der Waals surface area contributed by atoms with Crippen LogP contribution in [0.1, 0.15) is 10.4 Å². The lowest BCUT2D eigenvalue weighted by molar-refractivity contribution is 0.0897. The number of ether oxygens (including phenoxy) is 1. The number of fused-ring (bicyclic) bond motifs is 1. The Kier molecular flexibility index (Phi) is 4.39. The van der Waals surface area contributed by atoms with Crippen LogP contribution >= 0.6 is 0 Å². The van der Waals surface area contributed by atoms with E-state index in [1.54, 1.807) is 10.8 Å². The third-order valence-electron chi connectivity index (χ3n) is 2.97. The molecule has 0 aliphatic rings. The summed E-state index contributed by atoms with van der Waals surface area (Å²) in [5.41, 5.74) is 1.93. The highest BCUT2D eigenvalue weighted by Gasteiger charge is 2.13. The van der Waals surface area contributed by atoms with Crippen LogP contribution in [0.15, 0.2) is 12.4 Å². The summed E-state index contributed by atoms with van der Waals surface area (Å²) in [6, 6.07) is 1.10. The summed E-state index contributed by atoms with van der Waals surface area (Å²) in [5.74, 6) is 0. The molecule has 20 heavy (non-hydrogen) atoms. The molecular weight excluding hydrogens is 269 g/mol. The number of aldehydes is 1. The van der Waals surface area contributed by atoms with Crippen molar-refractivity contribution in [3.8, 4) is 0 Å². The van der Waals surface area contributed by atoms with Gasteiger partial charge in [0, 0.05) is 32.7 Å². The van der Waals surface area contributed by atoms with Gasteiger partial charge in [-0.15, -0.1) is 0 Å². The lowest BCUT2D eigenvalue weighted by Gasteiger charge is -2.15. The van der Waals surface area contributed by atoms with Crippen molar-refractivity contribution < 1.29 is 9.53 Å². The Hall–Kier alpha value is -1.47. The van der Waals surface area contributed by atoms with Gasteiger partial charge in [0.15, 0.2) is 11.9 Å². The Balaban J connectivity index is 2.12. The molecule has 0 N–H and O–H groups in total. The number of hydrogen-bond acceptors (Lipinski definition) is 4. The fourth-order valence-electron chi connectivity index (χ4n) is 1.82. The van der Waals surface area contributed by atoms with E-state index >= 15 is 0 Å². The predicted molar refractivity (Wildman–Crippen MR) is 82.4 cm³/mol. The van der Waals surface area contributed by atoms with Crippen molar-refractivity contribution in [2.24, 2.45) is 0 Å². The molecule has 104 valence electrons. The van der Waals surface area contributed by atoms with Crippen molar-refractivity contribution >= 4 is 39.0 Å². The maximum absolute atomic E-state index is 11.0. The second-order valence-electron chi connectivity index (χ2n) is 5.99. The van der Waals surface area contributed by atoms with Gasteiger partial charge in [0.2, 0.25) is 0 Å². The van der Waals surface area contributed by atoms with E-state index in [4.69, 9.17) is 12.6 Å². The molecule has 0 saturated heterocycles. The minimum Gasteiger partial charge on any atom is -0.361 e. The van der Waals surface area contributed by atoms with Gasteiger partial charge < -0.3 is 9.30 Å². The maximum Gasteiger partial charge on any atom is 0.161 e. The minimum atomic E-state index is -1.09. The molecule has 0 amide bonds. The largest absolute Gasteiger partial charge is 0.361 e. The molecule has 2 aromatic rings. The van der Waals surface area contributed by atoms with Crippen molar-refractivity contribution in [3.63, 3.8) is 0 Å². The first-order chi connectivity index (χ1) is 9.40. The molecule has 0 aliphatic carbocycles. The second-order valence-corrected chi connectivity index (χ2v) is 11.6. The summed E-state index contributed by atoms with van der Waals surface area (Å²) < 4.78 is 7.46. The van der Waals surface area contributed by atoms with Gasteiger partial charge in [0.1, 0.15) is 20.1 Å². The van der Waals surface area contributed by atoms with Crippen LogP contribution in [0.4, 0.5) is 0 Å². The van der Waals surface area contributed by atoms with Crippen LogP contribution in [-0.2, 0) is 11.5 Å². The van der Waals surface area contributed by atoms with Gasteiger partial charge in [-0.3, -0.25) is 9.78 Å². The highest BCUT2D eigenvalue weighted by Crippen LogP contribution is 2.15. The number of nitrogens with zero attached hydrogens (tertiary/aromatic N) is 3. The number of rotatable bonds is 6. The van der Waals surface area contributed by atoms with Gasteiger partial charge in [-0.25, -0.2) is 4.98 Å². The molecule has 5 nitrogen and oxygen atoms in total. The van der Waals surface area contributed by atoms with Gasteiger partial charge in [-0.05, 0) is 6.04 Å². The molecule has 0 saturated carbocycles. The molecular formula is C13H18BN3O2Si. The van der Waals surface area contributed by atoms with Crippen molar-refractivity contribution in [2.45, 2.75) is 32.4 Å². The van der Waals surface area contributed by atoms with E-state index in [0.29, 0.717) is 35.7 Å². The number of aromatic nitrogens is 3. The average Bonchev–Trinajstić information content (AvgIpc) is 2.71. The Morgan fingerprint density at radius 2 is 2.20 bits per heavy atom. The van der Waals surface area contributed by atoms with Crippen LogP contribution in [0.25, 0.3) is 11.2 Å². The standard InChI is InChI=1S/C13H18BN3O2Si/c1-20(2,3)5-4-19-9-17-7-10(8-18)12-13(17)15-6-11(14)16-12/h6-8H,4-5,9H2,1-3H3. The first-order valence-corrected chi connectivity index (χ1v) is 10.3. The third kappa shape index (κ3) is 3.55. The van der Waals surface area contributed by atoms with Crippen LogP contribution in [0.5, 0.6) is 0 Å². The third-order valence-corrected chi connectivity index (χ3v) is 4.67. The van der Waals surface area contributed by atoms with Crippen LogP contribution in [0, 0.1) is 0 Å². The highest BCUT2D eigenvalue weighted by atomic mass is 28.3. The van der Waals surface area contributed by atoms with Crippen LogP contribution in [0.3, 0.4) is 0 Å². The molecule has 0 bridgehead atoms. The molecule has 7 heteroatoms. The summed E-state index contributed by atoms with van der Waals surface area (Å²) >= 11 is 0. The number of carbonyl (C=O) groups excluding carboxylic acids is 1. The summed E-state index contributed by atoms with van der Waals surface area (Å²) in [5, 5.41) is 0. The van der Waals surface area contributed by atoms with Crippen molar-refractivity contribution in [1.29, 1.82) is 0 Å². The topological polar surface area (TPSA) is 57.0 Å². The smallest absolute Gasteiger partial charge is 0.161 e. The fraction of sp³-hybridized carbons (Fsp3) is 0.462. The lowest BCUT2D eigenvalue weighted by atomic mass is 10.1. The van der Waals surface area contributed by atoms with E-state index in [1.807, 2.05) is 0 Å². The van der Waals surface area contributed by atoms with Crippen LogP contribution < -0.4 is 5.59 Å². The molecule has 0 fully saturated rings. The highest BCUT2D eigenvalue weighted by molar-refractivity contribution is 6.76. The molecule has 0 aromatic carbocycles. The Labute approximate surface area is 120 Å².